The van der Waals surface area contributed by atoms with Crippen LogP contribution in [0.2, 0.25) is 5.02 Å². The molecule has 0 atom stereocenters. The Hall–Kier alpha value is -2.91. The van der Waals surface area contributed by atoms with E-state index in [4.69, 9.17) is 16.3 Å². The molecule has 0 aliphatic carbocycles. The van der Waals surface area contributed by atoms with E-state index in [0.717, 1.165) is 23.0 Å². The number of aryl methyl sites for hydroxylation is 1. The smallest absolute Gasteiger partial charge is 0.316 e. The Morgan fingerprint density at radius 1 is 1.26 bits per heavy atom. The van der Waals surface area contributed by atoms with Gasteiger partial charge in [0.2, 0.25) is 0 Å². The molecule has 1 amide bonds. The largest absolute Gasteiger partial charge is 0.455 e. The molecule has 0 saturated carbocycles. The quantitative estimate of drug-likeness (QED) is 0.375. The highest BCUT2D eigenvalue weighted by Gasteiger charge is 2.16. The fourth-order valence-corrected chi connectivity index (χ4v) is 3.52. The van der Waals surface area contributed by atoms with Crippen molar-refractivity contribution in [3.05, 3.63) is 70.8 Å². The molecule has 3 aromatic rings. The second-order valence-electron chi connectivity index (χ2n) is 6.71. The van der Waals surface area contributed by atoms with Gasteiger partial charge >= 0.3 is 5.97 Å². The van der Waals surface area contributed by atoms with E-state index in [1.165, 1.54) is 24.3 Å². The van der Waals surface area contributed by atoms with Gasteiger partial charge in [0, 0.05) is 24.2 Å². The topological polar surface area (TPSA) is 77.3 Å². The van der Waals surface area contributed by atoms with Gasteiger partial charge in [0.25, 0.3) is 5.91 Å². The van der Waals surface area contributed by atoms with E-state index in [9.17, 15) is 14.0 Å². The first-order valence-corrected chi connectivity index (χ1v) is 10.6. The first kappa shape index (κ1) is 22.8. The maximum atomic E-state index is 13.7. The minimum absolute atomic E-state index is 0.0530. The van der Waals surface area contributed by atoms with Crippen LogP contribution in [0.15, 0.2) is 53.9 Å². The molecule has 0 bridgehead atoms. The normalized spacial score (nSPS) is 10.7. The molecule has 0 unspecified atom stereocenters. The minimum atomic E-state index is -0.575. The number of ether oxygens (including phenoxy) is 1. The van der Waals surface area contributed by atoms with E-state index in [1.807, 2.05) is 19.1 Å². The molecule has 0 N–H and O–H groups in total. The lowest BCUT2D eigenvalue weighted by molar-refractivity contribution is -0.149. The molecule has 0 radical (unpaired) electrons. The molecule has 0 fully saturated rings. The molecule has 1 aromatic heterocycles. The average Bonchev–Trinajstić information content (AvgIpc) is 3.22. The second-order valence-corrected chi connectivity index (χ2v) is 8.06. The van der Waals surface area contributed by atoms with Gasteiger partial charge in [0.1, 0.15) is 12.1 Å². The van der Waals surface area contributed by atoms with Gasteiger partial charge in [0.05, 0.1) is 11.4 Å². The van der Waals surface area contributed by atoms with Crippen LogP contribution >= 0.6 is 23.4 Å². The van der Waals surface area contributed by atoms with Crippen molar-refractivity contribution in [1.29, 1.82) is 0 Å². The number of aromatic nitrogens is 3. The fourth-order valence-electron chi connectivity index (χ4n) is 2.62. The molecule has 7 nitrogen and oxygen atoms in total. The van der Waals surface area contributed by atoms with Crippen molar-refractivity contribution in [1.82, 2.24) is 19.7 Å². The summed E-state index contributed by atoms with van der Waals surface area (Å²) in [7, 11) is 1.52. The number of nitrogens with zero attached hydrogens (tertiary/aromatic N) is 4. The van der Waals surface area contributed by atoms with Crippen LogP contribution in [0.5, 0.6) is 0 Å². The van der Waals surface area contributed by atoms with Crippen LogP contribution in [0.25, 0.3) is 5.69 Å². The van der Waals surface area contributed by atoms with Gasteiger partial charge in [-0.2, -0.15) is 0 Å². The van der Waals surface area contributed by atoms with Crippen LogP contribution in [0.1, 0.15) is 11.1 Å². The number of carbonyl (C=O) groups excluding carboxylic acids is 2. The van der Waals surface area contributed by atoms with E-state index in [-0.39, 0.29) is 12.3 Å². The number of rotatable bonds is 8. The molecule has 162 valence electrons. The zero-order valence-corrected chi connectivity index (χ0v) is 18.5. The van der Waals surface area contributed by atoms with Crippen molar-refractivity contribution < 1.29 is 18.7 Å². The van der Waals surface area contributed by atoms with Gasteiger partial charge in [-0.05, 0) is 30.7 Å². The molecule has 0 aliphatic heterocycles. The first-order chi connectivity index (χ1) is 14.8. The highest BCUT2D eigenvalue weighted by Crippen LogP contribution is 2.23. The number of hydrogen-bond acceptors (Lipinski definition) is 6. The molecule has 0 spiro atoms. The maximum Gasteiger partial charge on any atom is 0.316 e. The van der Waals surface area contributed by atoms with E-state index < -0.39 is 24.3 Å². The van der Waals surface area contributed by atoms with Crippen LogP contribution in [0, 0.1) is 12.7 Å². The molecule has 1 heterocycles. The van der Waals surface area contributed by atoms with Gasteiger partial charge in [-0.3, -0.25) is 14.2 Å². The van der Waals surface area contributed by atoms with Crippen molar-refractivity contribution >= 4 is 35.2 Å². The van der Waals surface area contributed by atoms with Gasteiger partial charge < -0.3 is 9.64 Å². The van der Waals surface area contributed by atoms with Crippen molar-refractivity contribution in [2.75, 3.05) is 19.4 Å². The van der Waals surface area contributed by atoms with E-state index >= 15 is 0 Å². The minimum Gasteiger partial charge on any atom is -0.455 e. The Kier molecular flexibility index (Phi) is 7.64. The number of amides is 1. The van der Waals surface area contributed by atoms with Gasteiger partial charge in [-0.15, -0.1) is 10.2 Å². The van der Waals surface area contributed by atoms with Crippen LogP contribution in [0.4, 0.5) is 4.39 Å². The van der Waals surface area contributed by atoms with Crippen LogP contribution < -0.4 is 0 Å². The van der Waals surface area contributed by atoms with Crippen molar-refractivity contribution in [2.24, 2.45) is 0 Å². The standard InChI is InChI=1S/C21H20ClFN4O3S/c1-14-7-8-16(9-17(14)22)27-13-24-25-21(27)31-12-20(29)30-11-19(28)26(2)10-15-5-3-4-6-18(15)23/h3-9,13H,10-12H2,1-2H3. The number of benzene rings is 2. The highest BCUT2D eigenvalue weighted by molar-refractivity contribution is 7.99. The Bertz CT molecular complexity index is 1090. The zero-order chi connectivity index (χ0) is 22.4. The lowest BCUT2D eigenvalue weighted by atomic mass is 10.2. The van der Waals surface area contributed by atoms with E-state index in [2.05, 4.69) is 10.2 Å². The Labute approximate surface area is 188 Å². The van der Waals surface area contributed by atoms with Gasteiger partial charge in [0.15, 0.2) is 11.8 Å². The SMILES string of the molecule is Cc1ccc(-n2cnnc2SCC(=O)OCC(=O)N(C)Cc2ccccc2F)cc1Cl. The number of halogens is 2. The lowest BCUT2D eigenvalue weighted by Gasteiger charge is -2.17. The molecule has 10 heteroatoms. The Morgan fingerprint density at radius 2 is 2.03 bits per heavy atom. The van der Waals surface area contributed by atoms with E-state index in [1.54, 1.807) is 28.8 Å². The summed E-state index contributed by atoms with van der Waals surface area (Å²) in [6, 6.07) is 11.7. The average molecular weight is 463 g/mol. The molecule has 0 aliphatic rings. The van der Waals surface area contributed by atoms with Crippen LogP contribution in [0.3, 0.4) is 0 Å². The van der Waals surface area contributed by atoms with Crippen LogP contribution in [-0.2, 0) is 20.9 Å². The van der Waals surface area contributed by atoms with Crippen molar-refractivity contribution in [3.8, 4) is 5.69 Å². The Morgan fingerprint density at radius 3 is 2.77 bits per heavy atom. The lowest BCUT2D eigenvalue weighted by Crippen LogP contribution is -2.31. The monoisotopic (exact) mass is 462 g/mol. The molecular formula is C21H20ClFN4O3S. The predicted octanol–water partition coefficient (Wildman–Crippen LogP) is 3.66. The van der Waals surface area contributed by atoms with Crippen molar-refractivity contribution in [2.45, 2.75) is 18.6 Å². The predicted molar refractivity (Wildman–Crippen MR) is 116 cm³/mol. The number of esters is 1. The number of likely N-dealkylation sites (N-methyl/N-ethyl adjacent to an activating group) is 1. The summed E-state index contributed by atoms with van der Waals surface area (Å²) < 4.78 is 20.5. The third-order valence-corrected chi connectivity index (χ3v) is 5.74. The summed E-state index contributed by atoms with van der Waals surface area (Å²) in [5.74, 6) is -1.45. The summed E-state index contributed by atoms with van der Waals surface area (Å²) in [4.78, 5) is 25.5. The number of thioether (sulfide) groups is 1. The number of carbonyl (C=O) groups is 2. The maximum absolute atomic E-state index is 13.7. The molecular weight excluding hydrogens is 443 g/mol. The number of hydrogen-bond donors (Lipinski definition) is 0. The summed E-state index contributed by atoms with van der Waals surface area (Å²) in [6.45, 7) is 1.56. The van der Waals surface area contributed by atoms with E-state index in [0.29, 0.717) is 15.7 Å². The summed E-state index contributed by atoms with van der Waals surface area (Å²) in [6.07, 6.45) is 1.52. The summed E-state index contributed by atoms with van der Waals surface area (Å²) in [5.41, 5.74) is 2.10. The van der Waals surface area contributed by atoms with Crippen LogP contribution in [-0.4, -0.2) is 50.9 Å². The van der Waals surface area contributed by atoms with Gasteiger partial charge in [-0.1, -0.05) is 47.6 Å². The fraction of sp³-hybridized carbons (Fsp3) is 0.238. The summed E-state index contributed by atoms with van der Waals surface area (Å²) in [5, 5.41) is 8.98. The first-order valence-electron chi connectivity index (χ1n) is 9.27. The summed E-state index contributed by atoms with van der Waals surface area (Å²) >= 11 is 7.30. The zero-order valence-electron chi connectivity index (χ0n) is 16.9. The van der Waals surface area contributed by atoms with Crippen molar-refractivity contribution in [3.63, 3.8) is 0 Å². The third-order valence-electron chi connectivity index (χ3n) is 4.42. The second kappa shape index (κ2) is 10.4. The van der Waals surface area contributed by atoms with Gasteiger partial charge in [-0.25, -0.2) is 4.39 Å². The molecule has 31 heavy (non-hydrogen) atoms. The molecule has 2 aromatic carbocycles. The highest BCUT2D eigenvalue weighted by atomic mass is 35.5. The Balaban J connectivity index is 1.50. The molecule has 3 rings (SSSR count). The third kappa shape index (κ3) is 6.05. The molecule has 0 saturated heterocycles.